The molecule has 1 aromatic carbocycles. The molecule has 0 radical (unpaired) electrons. The van der Waals surface area contributed by atoms with Crippen molar-refractivity contribution in [2.24, 2.45) is 0 Å². The van der Waals surface area contributed by atoms with Crippen molar-refractivity contribution in [1.82, 2.24) is 9.80 Å². The molecule has 1 saturated heterocycles. The highest BCUT2D eigenvalue weighted by atomic mass is 16.4. The Morgan fingerprint density at radius 1 is 1.11 bits per heavy atom. The highest BCUT2D eigenvalue weighted by Gasteiger charge is 2.27. The van der Waals surface area contributed by atoms with E-state index in [0.717, 1.165) is 29.5 Å². The first-order valence-electron chi connectivity index (χ1n) is 9.52. The van der Waals surface area contributed by atoms with Gasteiger partial charge in [-0.1, -0.05) is 17.7 Å². The molecule has 0 aliphatic carbocycles. The number of nitrogens with zero attached hydrogens (tertiary/aromatic N) is 2. The standard InChI is InChI=1S/C21H30N2O4/c1-14-10-15(2)19(16(3)11-14)12-20(25)22-8-5-6-18(7-9-22)23(17(4)24)13-21(26)27/h10-11,18H,5-9,12-13H2,1-4H3,(H,26,27). The van der Waals surface area contributed by atoms with Gasteiger partial charge in [0.1, 0.15) is 6.54 Å². The number of carbonyl (C=O) groups is 3. The number of hydrogen-bond acceptors (Lipinski definition) is 3. The summed E-state index contributed by atoms with van der Waals surface area (Å²) >= 11 is 0. The first kappa shape index (κ1) is 20.9. The molecule has 1 fully saturated rings. The Morgan fingerprint density at radius 2 is 1.74 bits per heavy atom. The summed E-state index contributed by atoms with van der Waals surface area (Å²) in [5.74, 6) is -1.14. The van der Waals surface area contributed by atoms with Crippen molar-refractivity contribution >= 4 is 17.8 Å². The number of carboxylic acid groups (broad SMARTS) is 1. The maximum absolute atomic E-state index is 12.8. The molecular weight excluding hydrogens is 344 g/mol. The zero-order valence-electron chi connectivity index (χ0n) is 16.7. The number of likely N-dealkylation sites (tertiary alicyclic amines) is 1. The first-order valence-corrected chi connectivity index (χ1v) is 9.52. The molecule has 1 atom stereocenters. The van der Waals surface area contributed by atoms with Crippen LogP contribution in [0.4, 0.5) is 0 Å². The molecule has 6 nitrogen and oxygen atoms in total. The molecule has 6 heteroatoms. The van der Waals surface area contributed by atoms with Gasteiger partial charge in [0.15, 0.2) is 0 Å². The van der Waals surface area contributed by atoms with Crippen molar-refractivity contribution in [3.8, 4) is 0 Å². The highest BCUT2D eigenvalue weighted by Crippen LogP contribution is 2.21. The van der Waals surface area contributed by atoms with Crippen LogP contribution in [0.1, 0.15) is 48.4 Å². The van der Waals surface area contributed by atoms with Crippen LogP contribution in [0, 0.1) is 20.8 Å². The third-order valence-electron chi connectivity index (χ3n) is 5.37. The van der Waals surface area contributed by atoms with Gasteiger partial charge in [-0.15, -0.1) is 0 Å². The number of benzene rings is 1. The largest absolute Gasteiger partial charge is 0.480 e. The number of aliphatic carboxylic acids is 1. The summed E-state index contributed by atoms with van der Waals surface area (Å²) in [5, 5.41) is 9.05. The summed E-state index contributed by atoms with van der Waals surface area (Å²) in [4.78, 5) is 39.0. The predicted molar refractivity (Wildman–Crippen MR) is 104 cm³/mol. The minimum atomic E-state index is -1.01. The third kappa shape index (κ3) is 5.55. The summed E-state index contributed by atoms with van der Waals surface area (Å²) < 4.78 is 0. The SMILES string of the molecule is CC(=O)N(CC(=O)O)C1CCCN(C(=O)Cc2c(C)cc(C)cc2C)CC1. The molecule has 0 saturated carbocycles. The Balaban J connectivity index is 2.04. The maximum Gasteiger partial charge on any atom is 0.323 e. The van der Waals surface area contributed by atoms with Crippen LogP contribution < -0.4 is 0 Å². The molecular formula is C21H30N2O4. The van der Waals surface area contributed by atoms with Gasteiger partial charge >= 0.3 is 5.97 Å². The van der Waals surface area contributed by atoms with Crippen LogP contribution in [0.25, 0.3) is 0 Å². The van der Waals surface area contributed by atoms with Crippen molar-refractivity contribution in [2.75, 3.05) is 19.6 Å². The van der Waals surface area contributed by atoms with E-state index in [1.165, 1.54) is 17.4 Å². The number of hydrogen-bond donors (Lipinski definition) is 1. The normalized spacial score (nSPS) is 17.3. The predicted octanol–water partition coefficient (Wildman–Crippen LogP) is 2.47. The second kappa shape index (κ2) is 9.02. The van der Waals surface area contributed by atoms with E-state index in [4.69, 9.17) is 5.11 Å². The molecule has 0 spiro atoms. The summed E-state index contributed by atoms with van der Waals surface area (Å²) in [7, 11) is 0. The van der Waals surface area contributed by atoms with Crippen LogP contribution in [0.3, 0.4) is 0 Å². The minimum Gasteiger partial charge on any atom is -0.480 e. The Kier molecular flexibility index (Phi) is 6.99. The Morgan fingerprint density at radius 3 is 2.30 bits per heavy atom. The number of rotatable bonds is 5. The van der Waals surface area contributed by atoms with Crippen molar-refractivity contribution in [3.63, 3.8) is 0 Å². The van der Waals surface area contributed by atoms with Gasteiger partial charge in [0, 0.05) is 26.1 Å². The highest BCUT2D eigenvalue weighted by molar-refractivity contribution is 5.80. The molecule has 0 bridgehead atoms. The van der Waals surface area contributed by atoms with E-state index in [9.17, 15) is 14.4 Å². The lowest BCUT2D eigenvalue weighted by Gasteiger charge is -2.29. The number of carbonyl (C=O) groups excluding carboxylic acids is 2. The van der Waals surface area contributed by atoms with Crippen LogP contribution >= 0.6 is 0 Å². The first-order chi connectivity index (χ1) is 12.7. The van der Waals surface area contributed by atoms with Gasteiger partial charge in [-0.25, -0.2) is 0 Å². The average Bonchev–Trinajstić information content (AvgIpc) is 2.81. The zero-order chi connectivity index (χ0) is 20.1. The summed E-state index contributed by atoms with van der Waals surface area (Å²) in [6.45, 7) is 8.46. The fourth-order valence-electron chi connectivity index (χ4n) is 4.03. The van der Waals surface area contributed by atoms with Crippen LogP contribution in [0.2, 0.25) is 0 Å². The number of aryl methyl sites for hydroxylation is 3. The van der Waals surface area contributed by atoms with Crippen LogP contribution in [0.5, 0.6) is 0 Å². The lowest BCUT2D eigenvalue weighted by atomic mass is 9.97. The molecule has 2 rings (SSSR count). The van der Waals surface area contributed by atoms with E-state index in [-0.39, 0.29) is 24.4 Å². The van der Waals surface area contributed by atoms with Gasteiger partial charge in [0.25, 0.3) is 0 Å². The lowest BCUT2D eigenvalue weighted by Crippen LogP contribution is -2.43. The van der Waals surface area contributed by atoms with E-state index in [0.29, 0.717) is 25.9 Å². The van der Waals surface area contributed by atoms with Crippen molar-refractivity contribution in [3.05, 3.63) is 34.4 Å². The Labute approximate surface area is 161 Å². The topological polar surface area (TPSA) is 77.9 Å². The van der Waals surface area contributed by atoms with Gasteiger partial charge in [-0.3, -0.25) is 14.4 Å². The Bertz CT molecular complexity index is 706. The van der Waals surface area contributed by atoms with E-state index in [2.05, 4.69) is 19.1 Å². The van der Waals surface area contributed by atoms with Gasteiger partial charge in [0.2, 0.25) is 11.8 Å². The van der Waals surface area contributed by atoms with E-state index < -0.39 is 5.97 Å². The van der Waals surface area contributed by atoms with Gasteiger partial charge in [-0.05, 0) is 56.7 Å². The third-order valence-corrected chi connectivity index (χ3v) is 5.37. The van der Waals surface area contributed by atoms with Crippen molar-refractivity contribution in [2.45, 2.75) is 59.4 Å². The maximum atomic E-state index is 12.8. The van der Waals surface area contributed by atoms with E-state index in [1.54, 1.807) is 0 Å². The second-order valence-corrected chi connectivity index (χ2v) is 7.56. The molecule has 148 valence electrons. The number of amides is 2. The van der Waals surface area contributed by atoms with E-state index in [1.807, 2.05) is 18.7 Å². The summed E-state index contributed by atoms with van der Waals surface area (Å²) in [6, 6.07) is 4.08. The Hall–Kier alpha value is -2.37. The molecule has 2 amide bonds. The average molecular weight is 374 g/mol. The molecule has 1 aromatic rings. The molecule has 1 unspecified atom stereocenters. The molecule has 1 N–H and O–H groups in total. The van der Waals surface area contributed by atoms with Gasteiger partial charge < -0.3 is 14.9 Å². The zero-order valence-corrected chi connectivity index (χ0v) is 16.7. The van der Waals surface area contributed by atoms with E-state index >= 15 is 0 Å². The number of carboxylic acids is 1. The fourth-order valence-corrected chi connectivity index (χ4v) is 4.03. The fraction of sp³-hybridized carbons (Fsp3) is 0.571. The smallest absolute Gasteiger partial charge is 0.323 e. The second-order valence-electron chi connectivity index (χ2n) is 7.56. The minimum absolute atomic E-state index is 0.0957. The summed E-state index contributed by atoms with van der Waals surface area (Å²) in [6.07, 6.45) is 2.49. The molecule has 1 aliphatic heterocycles. The molecule has 27 heavy (non-hydrogen) atoms. The molecule has 1 aliphatic rings. The molecule has 0 aromatic heterocycles. The van der Waals surface area contributed by atoms with Crippen molar-refractivity contribution in [1.29, 1.82) is 0 Å². The quantitative estimate of drug-likeness (QED) is 0.859. The lowest BCUT2D eigenvalue weighted by molar-refractivity contribution is -0.145. The van der Waals surface area contributed by atoms with Gasteiger partial charge in [0.05, 0.1) is 6.42 Å². The van der Waals surface area contributed by atoms with Crippen molar-refractivity contribution < 1.29 is 19.5 Å². The van der Waals surface area contributed by atoms with Crippen LogP contribution in [0.15, 0.2) is 12.1 Å². The van der Waals surface area contributed by atoms with Crippen LogP contribution in [-0.4, -0.2) is 58.4 Å². The van der Waals surface area contributed by atoms with Gasteiger partial charge in [-0.2, -0.15) is 0 Å². The van der Waals surface area contributed by atoms with Crippen LogP contribution in [-0.2, 0) is 20.8 Å². The monoisotopic (exact) mass is 374 g/mol. The molecule has 1 heterocycles. The summed E-state index contributed by atoms with van der Waals surface area (Å²) in [5.41, 5.74) is 4.56.